The molecule has 3 aromatic rings. The molecule has 3 amide bonds. The van der Waals surface area contributed by atoms with Gasteiger partial charge in [-0.25, -0.2) is 4.79 Å². The third-order valence-corrected chi connectivity index (χ3v) is 5.34. The van der Waals surface area contributed by atoms with Gasteiger partial charge in [-0.1, -0.05) is 48.2 Å². The molecule has 0 saturated heterocycles. The van der Waals surface area contributed by atoms with Crippen LogP contribution in [0.2, 0.25) is 0 Å². The number of urea groups is 1. The first-order chi connectivity index (χ1) is 14.6. The summed E-state index contributed by atoms with van der Waals surface area (Å²) in [5, 5.41) is 13.4. The van der Waals surface area contributed by atoms with Gasteiger partial charge in [-0.05, 0) is 24.6 Å². The average molecular weight is 423 g/mol. The molecule has 0 aliphatic heterocycles. The summed E-state index contributed by atoms with van der Waals surface area (Å²) in [6, 6.07) is 12.4. The van der Waals surface area contributed by atoms with E-state index in [9.17, 15) is 9.59 Å². The van der Waals surface area contributed by atoms with Crippen LogP contribution in [0, 0.1) is 0 Å². The van der Waals surface area contributed by atoms with Crippen LogP contribution in [-0.4, -0.2) is 38.2 Å². The number of pyridine rings is 1. The van der Waals surface area contributed by atoms with Crippen LogP contribution in [-0.2, 0) is 11.3 Å². The fraction of sp³-hybridized carbons (Fsp3) is 0.190. The highest BCUT2D eigenvalue weighted by molar-refractivity contribution is 8.00. The van der Waals surface area contributed by atoms with Gasteiger partial charge in [0.05, 0.1) is 0 Å². The van der Waals surface area contributed by atoms with Crippen LogP contribution in [0.4, 0.5) is 4.79 Å². The van der Waals surface area contributed by atoms with Gasteiger partial charge in [0.1, 0.15) is 5.25 Å². The van der Waals surface area contributed by atoms with Crippen LogP contribution < -0.4 is 10.6 Å². The number of hydrogen-bond acceptors (Lipinski definition) is 6. The number of nitrogens with one attached hydrogen (secondary N) is 2. The van der Waals surface area contributed by atoms with E-state index in [1.54, 1.807) is 25.4 Å². The average Bonchev–Trinajstić information content (AvgIpc) is 3.16. The summed E-state index contributed by atoms with van der Waals surface area (Å²) >= 11 is 1.23. The zero-order chi connectivity index (χ0) is 21.3. The van der Waals surface area contributed by atoms with Gasteiger partial charge in [0, 0.05) is 31.0 Å². The van der Waals surface area contributed by atoms with Gasteiger partial charge < -0.3 is 5.32 Å². The molecular formula is C21H22N6O2S. The van der Waals surface area contributed by atoms with Gasteiger partial charge in [-0.15, -0.1) is 16.8 Å². The summed E-state index contributed by atoms with van der Waals surface area (Å²) in [5.74, 6) is 0.214. The van der Waals surface area contributed by atoms with Crippen molar-refractivity contribution in [3.63, 3.8) is 0 Å². The highest BCUT2D eigenvalue weighted by atomic mass is 32.2. The molecule has 3 rings (SSSR count). The molecule has 0 radical (unpaired) electrons. The number of allylic oxidation sites excluding steroid dienone is 1. The van der Waals surface area contributed by atoms with E-state index in [-0.39, 0.29) is 0 Å². The molecule has 1 aromatic carbocycles. The Hall–Kier alpha value is -3.46. The quantitative estimate of drug-likeness (QED) is 0.427. The van der Waals surface area contributed by atoms with Crippen molar-refractivity contribution in [3.05, 3.63) is 73.1 Å². The van der Waals surface area contributed by atoms with Crippen LogP contribution >= 0.6 is 11.8 Å². The molecule has 2 aromatic heterocycles. The normalized spacial score (nSPS) is 11.5. The zero-order valence-corrected chi connectivity index (χ0v) is 17.3. The third-order valence-electron chi connectivity index (χ3n) is 4.10. The van der Waals surface area contributed by atoms with Gasteiger partial charge >= 0.3 is 6.03 Å². The molecule has 2 heterocycles. The Kier molecular flexibility index (Phi) is 7.34. The number of imide groups is 1. The topological polar surface area (TPSA) is 102 Å². The summed E-state index contributed by atoms with van der Waals surface area (Å²) in [7, 11) is 0. The number of amides is 3. The Morgan fingerprint density at radius 2 is 1.90 bits per heavy atom. The molecule has 2 N–H and O–H groups in total. The molecule has 30 heavy (non-hydrogen) atoms. The van der Waals surface area contributed by atoms with Crippen molar-refractivity contribution in [1.82, 2.24) is 30.4 Å². The number of carbonyl (C=O) groups excluding carboxylic acids is 2. The molecule has 0 unspecified atom stereocenters. The summed E-state index contributed by atoms with van der Waals surface area (Å²) < 4.78 is 1.88. The molecule has 0 aliphatic carbocycles. The van der Waals surface area contributed by atoms with Crippen LogP contribution in [0.25, 0.3) is 11.4 Å². The smallest absolute Gasteiger partial charge is 0.321 e. The first kappa shape index (κ1) is 21.3. The van der Waals surface area contributed by atoms with Gasteiger partial charge in [-0.2, -0.15) is 0 Å². The van der Waals surface area contributed by atoms with Crippen molar-refractivity contribution in [2.45, 2.75) is 23.9 Å². The van der Waals surface area contributed by atoms with Crippen molar-refractivity contribution in [2.24, 2.45) is 0 Å². The SMILES string of the molecule is C=CCn1c(S[C@@H](C(=O)NC(=O)NCC)c2ccccc2)nnc1-c1ccncc1. The lowest BCUT2D eigenvalue weighted by Gasteiger charge is -2.17. The van der Waals surface area contributed by atoms with Crippen LogP contribution in [0.3, 0.4) is 0 Å². The molecule has 154 valence electrons. The number of nitrogens with zero attached hydrogens (tertiary/aromatic N) is 4. The van der Waals surface area contributed by atoms with E-state index in [4.69, 9.17) is 0 Å². The van der Waals surface area contributed by atoms with Gasteiger partial charge in [0.25, 0.3) is 0 Å². The third kappa shape index (κ3) is 5.12. The second-order valence-electron chi connectivity index (χ2n) is 6.20. The van der Waals surface area contributed by atoms with Crippen molar-refractivity contribution in [2.75, 3.05) is 6.54 Å². The Labute approximate surface area is 178 Å². The first-order valence-corrected chi connectivity index (χ1v) is 10.3. The summed E-state index contributed by atoms with van der Waals surface area (Å²) in [4.78, 5) is 28.8. The second kappa shape index (κ2) is 10.4. The predicted octanol–water partition coefficient (Wildman–Crippen LogP) is 3.21. The maximum absolute atomic E-state index is 12.9. The fourth-order valence-electron chi connectivity index (χ4n) is 2.77. The fourth-order valence-corrected chi connectivity index (χ4v) is 3.82. The van der Waals surface area contributed by atoms with Crippen molar-refractivity contribution in [3.8, 4) is 11.4 Å². The van der Waals surface area contributed by atoms with E-state index < -0.39 is 17.2 Å². The number of hydrogen-bond donors (Lipinski definition) is 2. The van der Waals surface area contributed by atoms with Crippen molar-refractivity contribution in [1.29, 1.82) is 0 Å². The Bertz CT molecular complexity index is 1010. The monoisotopic (exact) mass is 422 g/mol. The molecule has 8 nitrogen and oxygen atoms in total. The molecule has 9 heteroatoms. The maximum atomic E-state index is 12.9. The summed E-state index contributed by atoms with van der Waals surface area (Å²) in [6.07, 6.45) is 5.10. The highest BCUT2D eigenvalue weighted by Gasteiger charge is 2.27. The standard InChI is InChI=1S/C21H22N6O2S/c1-3-14-27-18(16-10-12-22-13-11-16)25-26-21(27)30-17(15-8-6-5-7-9-15)19(28)24-20(29)23-4-2/h3,5-13,17H,1,4,14H2,2H3,(H2,23,24,28,29)/t17-/m1/s1. The highest BCUT2D eigenvalue weighted by Crippen LogP contribution is 2.36. The Balaban J connectivity index is 1.94. The first-order valence-electron chi connectivity index (χ1n) is 9.38. The lowest BCUT2D eigenvalue weighted by molar-refractivity contribution is -0.119. The van der Waals surface area contributed by atoms with Crippen LogP contribution in [0.5, 0.6) is 0 Å². The summed E-state index contributed by atoms with van der Waals surface area (Å²) in [5.41, 5.74) is 1.61. The minimum absolute atomic E-state index is 0.422. The lowest BCUT2D eigenvalue weighted by Crippen LogP contribution is -2.41. The van der Waals surface area contributed by atoms with Gasteiger partial charge in [0.15, 0.2) is 11.0 Å². The van der Waals surface area contributed by atoms with E-state index >= 15 is 0 Å². The number of thioether (sulfide) groups is 1. The predicted molar refractivity (Wildman–Crippen MR) is 116 cm³/mol. The second-order valence-corrected chi connectivity index (χ2v) is 7.27. The van der Waals surface area contributed by atoms with Crippen LogP contribution in [0.1, 0.15) is 17.7 Å². The number of carbonyl (C=O) groups is 2. The molecule has 1 atom stereocenters. The number of aromatic nitrogens is 4. The van der Waals surface area contributed by atoms with Crippen LogP contribution in [0.15, 0.2) is 72.7 Å². The Morgan fingerprint density at radius 1 is 1.17 bits per heavy atom. The zero-order valence-electron chi connectivity index (χ0n) is 16.5. The van der Waals surface area contributed by atoms with E-state index in [2.05, 4.69) is 32.4 Å². The van der Waals surface area contributed by atoms with Crippen molar-refractivity contribution < 1.29 is 9.59 Å². The molecule has 0 saturated carbocycles. The molecule has 0 fully saturated rings. The summed E-state index contributed by atoms with van der Waals surface area (Å²) in [6.45, 7) is 6.48. The van der Waals surface area contributed by atoms with E-state index in [0.29, 0.717) is 24.1 Å². The molecular weight excluding hydrogens is 400 g/mol. The van der Waals surface area contributed by atoms with E-state index in [1.165, 1.54) is 11.8 Å². The van der Waals surface area contributed by atoms with E-state index in [1.807, 2.05) is 47.0 Å². The number of rotatable bonds is 8. The lowest BCUT2D eigenvalue weighted by atomic mass is 10.1. The largest absolute Gasteiger partial charge is 0.338 e. The Morgan fingerprint density at radius 3 is 2.57 bits per heavy atom. The van der Waals surface area contributed by atoms with Gasteiger partial charge in [0.2, 0.25) is 5.91 Å². The molecule has 0 bridgehead atoms. The van der Waals surface area contributed by atoms with Crippen molar-refractivity contribution >= 4 is 23.7 Å². The van der Waals surface area contributed by atoms with Gasteiger partial charge in [-0.3, -0.25) is 19.7 Å². The minimum atomic E-state index is -0.688. The van der Waals surface area contributed by atoms with E-state index in [0.717, 1.165) is 11.1 Å². The maximum Gasteiger partial charge on any atom is 0.321 e. The number of benzene rings is 1. The minimum Gasteiger partial charge on any atom is -0.338 e. The molecule has 0 aliphatic rings. The molecule has 0 spiro atoms.